The van der Waals surface area contributed by atoms with Crippen LogP contribution in [0.15, 0.2) is 12.2 Å². The summed E-state index contributed by atoms with van der Waals surface area (Å²) in [6, 6.07) is -1.11. The van der Waals surface area contributed by atoms with Crippen LogP contribution in [0.5, 0.6) is 0 Å². The van der Waals surface area contributed by atoms with Gasteiger partial charge in [-0.3, -0.25) is 9.35 Å². The normalized spacial score (nSPS) is 22.2. The molecular weight excluding hydrogens is 731 g/mol. The molecule has 0 aromatic carbocycles. The van der Waals surface area contributed by atoms with E-state index in [2.05, 4.69) is 23.3 Å². The zero-order chi connectivity index (χ0) is 40.7. The summed E-state index contributed by atoms with van der Waals surface area (Å²) in [4.78, 5) is 13.0. The molecule has 326 valence electrons. The molecule has 1 aliphatic heterocycles. The molecule has 0 spiro atoms. The van der Waals surface area contributed by atoms with Crippen molar-refractivity contribution < 1.29 is 57.0 Å². The van der Waals surface area contributed by atoms with E-state index in [4.69, 9.17) is 14.0 Å². The third-order valence-corrected chi connectivity index (χ3v) is 10.9. The molecule has 1 amide bonds. The second kappa shape index (κ2) is 32.7. The summed E-state index contributed by atoms with van der Waals surface area (Å²) in [5.74, 6) is -0.703. The van der Waals surface area contributed by atoms with E-state index in [-0.39, 0.29) is 6.42 Å². The van der Waals surface area contributed by atoms with E-state index in [0.717, 1.165) is 38.5 Å². The molecule has 8 atom stereocenters. The third kappa shape index (κ3) is 25.7. The van der Waals surface area contributed by atoms with Crippen LogP contribution in [0.2, 0.25) is 0 Å². The second-order valence-corrected chi connectivity index (χ2v) is 16.5. The summed E-state index contributed by atoms with van der Waals surface area (Å²) < 4.78 is 47.3. The zero-order valence-electron chi connectivity index (χ0n) is 34.1. The van der Waals surface area contributed by atoms with Crippen LogP contribution >= 0.6 is 0 Å². The van der Waals surface area contributed by atoms with Gasteiger partial charge in [-0.2, -0.15) is 8.42 Å². The standard InChI is InChI=1S/C41H79NO12S/c1-3-5-7-9-11-13-14-15-16-17-18-19-20-22-24-26-28-30-35(45)40(48)42-33(34(44)29-27-25-23-21-12-10-8-6-4-2)32-52-41-38(47)39(54-55(49,50)51)37(46)36(31-43)53-41/h27,29,33-39,41,43-47H,3-26,28,30-32H2,1-2H3,(H,42,48)(H,49,50,51)/b29-27+. The molecule has 0 aliphatic carbocycles. The average molecular weight is 810 g/mol. The highest BCUT2D eigenvalue weighted by Gasteiger charge is 2.48. The molecule has 55 heavy (non-hydrogen) atoms. The van der Waals surface area contributed by atoms with Gasteiger partial charge in [0.2, 0.25) is 5.91 Å². The van der Waals surface area contributed by atoms with Gasteiger partial charge in [-0.05, 0) is 19.3 Å². The van der Waals surface area contributed by atoms with Crippen molar-refractivity contribution in [2.45, 2.75) is 230 Å². The Morgan fingerprint density at radius 3 is 1.64 bits per heavy atom. The Bertz CT molecular complexity index is 1060. The average Bonchev–Trinajstić information content (AvgIpc) is 3.15. The van der Waals surface area contributed by atoms with Crippen LogP contribution in [-0.4, -0.2) is 107 Å². The summed E-state index contributed by atoms with van der Waals surface area (Å²) in [6.07, 6.45) is 21.7. The van der Waals surface area contributed by atoms with E-state index in [0.29, 0.717) is 12.8 Å². The smallest absolute Gasteiger partial charge is 0.394 e. The maximum Gasteiger partial charge on any atom is 0.397 e. The van der Waals surface area contributed by atoms with Gasteiger partial charge in [0, 0.05) is 0 Å². The van der Waals surface area contributed by atoms with Crippen molar-refractivity contribution in [3.8, 4) is 0 Å². The monoisotopic (exact) mass is 810 g/mol. The van der Waals surface area contributed by atoms with Crippen LogP contribution in [0.25, 0.3) is 0 Å². The van der Waals surface area contributed by atoms with Crippen LogP contribution < -0.4 is 5.32 Å². The molecule has 1 rings (SSSR count). The first-order valence-corrected chi connectivity index (χ1v) is 23.0. The van der Waals surface area contributed by atoms with Crippen molar-refractivity contribution in [2.24, 2.45) is 0 Å². The lowest BCUT2D eigenvalue weighted by molar-refractivity contribution is -0.298. The number of nitrogens with one attached hydrogen (secondary N) is 1. The van der Waals surface area contributed by atoms with Gasteiger partial charge in [0.25, 0.3) is 0 Å². The lowest BCUT2D eigenvalue weighted by Gasteiger charge is -2.41. The first-order valence-electron chi connectivity index (χ1n) is 21.7. The molecule has 1 aliphatic rings. The van der Waals surface area contributed by atoms with Crippen LogP contribution in [-0.2, 0) is 28.9 Å². The molecule has 0 saturated carbocycles. The fourth-order valence-corrected chi connectivity index (χ4v) is 7.44. The van der Waals surface area contributed by atoms with Crippen molar-refractivity contribution in [2.75, 3.05) is 13.2 Å². The molecule has 1 heterocycles. The van der Waals surface area contributed by atoms with Crippen molar-refractivity contribution in [1.82, 2.24) is 5.32 Å². The van der Waals surface area contributed by atoms with Crippen LogP contribution in [0.3, 0.4) is 0 Å². The Hall–Kier alpha value is -1.20. The largest absolute Gasteiger partial charge is 0.397 e. The highest BCUT2D eigenvalue weighted by Crippen LogP contribution is 2.26. The minimum atomic E-state index is -5.11. The van der Waals surface area contributed by atoms with Crippen molar-refractivity contribution in [3.63, 3.8) is 0 Å². The fourth-order valence-electron chi connectivity index (χ4n) is 6.93. The molecule has 0 aromatic heterocycles. The Kier molecular flexibility index (Phi) is 30.8. The minimum absolute atomic E-state index is 0.247. The summed E-state index contributed by atoms with van der Waals surface area (Å²) in [6.45, 7) is 3.17. The van der Waals surface area contributed by atoms with E-state index >= 15 is 0 Å². The first-order chi connectivity index (χ1) is 26.4. The van der Waals surface area contributed by atoms with Gasteiger partial charge in [0.1, 0.15) is 30.5 Å². The molecule has 1 saturated heterocycles. The van der Waals surface area contributed by atoms with Gasteiger partial charge in [0.05, 0.1) is 25.4 Å². The number of aliphatic hydroxyl groups excluding tert-OH is 5. The molecule has 0 bridgehead atoms. The van der Waals surface area contributed by atoms with Crippen molar-refractivity contribution in [3.05, 3.63) is 12.2 Å². The predicted octanol–water partition coefficient (Wildman–Crippen LogP) is 6.58. The number of carbonyl (C=O) groups is 1. The highest BCUT2D eigenvalue weighted by atomic mass is 32.3. The Balaban J connectivity index is 2.55. The van der Waals surface area contributed by atoms with E-state index < -0.39 is 78.5 Å². The van der Waals surface area contributed by atoms with E-state index in [1.54, 1.807) is 0 Å². The van der Waals surface area contributed by atoms with Crippen LogP contribution in [0.1, 0.15) is 181 Å². The topological polar surface area (TPSA) is 212 Å². The van der Waals surface area contributed by atoms with Gasteiger partial charge in [-0.15, -0.1) is 0 Å². The fraction of sp³-hybridized carbons (Fsp3) is 0.927. The third-order valence-electron chi connectivity index (χ3n) is 10.4. The number of rotatable bonds is 36. The molecule has 14 heteroatoms. The first kappa shape index (κ1) is 51.8. The summed E-state index contributed by atoms with van der Waals surface area (Å²) in [5.41, 5.74) is 0. The number of hydrogen-bond acceptors (Lipinski definition) is 11. The van der Waals surface area contributed by atoms with Gasteiger partial charge >= 0.3 is 10.4 Å². The van der Waals surface area contributed by atoms with Crippen molar-refractivity contribution in [1.29, 1.82) is 0 Å². The minimum Gasteiger partial charge on any atom is -0.394 e. The second-order valence-electron chi connectivity index (χ2n) is 15.4. The highest BCUT2D eigenvalue weighted by molar-refractivity contribution is 7.80. The van der Waals surface area contributed by atoms with Crippen LogP contribution in [0.4, 0.5) is 0 Å². The Morgan fingerprint density at radius 2 is 1.18 bits per heavy atom. The molecule has 13 nitrogen and oxygen atoms in total. The Labute approximate surface area is 333 Å². The molecule has 0 radical (unpaired) electrons. The predicted molar refractivity (Wildman–Crippen MR) is 215 cm³/mol. The maximum atomic E-state index is 13.0. The maximum absolute atomic E-state index is 13.0. The number of allylic oxidation sites excluding steroid dienone is 1. The zero-order valence-corrected chi connectivity index (χ0v) is 34.9. The number of aliphatic hydroxyl groups is 5. The Morgan fingerprint density at radius 1 is 0.727 bits per heavy atom. The summed E-state index contributed by atoms with van der Waals surface area (Å²) in [7, 11) is -5.11. The van der Waals surface area contributed by atoms with Gasteiger partial charge in [-0.25, -0.2) is 4.18 Å². The SMILES string of the molecule is CCCCCCCCC/C=C/C(O)C(COC1OC(CO)C(O)C(OS(=O)(=O)O)C1O)NC(=O)C(O)CCCCCCCCCCCCCCCCCCC. The van der Waals surface area contributed by atoms with E-state index in [1.165, 1.54) is 115 Å². The molecular formula is C41H79NO12S. The number of carbonyl (C=O) groups excluding carboxylic acids is 1. The molecule has 8 unspecified atom stereocenters. The number of hydrogen-bond donors (Lipinski definition) is 7. The molecule has 0 aromatic rings. The van der Waals surface area contributed by atoms with Gasteiger partial charge in [0.15, 0.2) is 6.29 Å². The lowest BCUT2D eigenvalue weighted by atomic mass is 9.99. The van der Waals surface area contributed by atoms with E-state index in [1.807, 2.05) is 6.08 Å². The number of unbranched alkanes of at least 4 members (excludes halogenated alkanes) is 23. The molecule has 7 N–H and O–H groups in total. The van der Waals surface area contributed by atoms with Gasteiger partial charge in [-0.1, -0.05) is 174 Å². The number of amides is 1. The van der Waals surface area contributed by atoms with Crippen molar-refractivity contribution >= 4 is 16.3 Å². The van der Waals surface area contributed by atoms with Crippen LogP contribution in [0, 0.1) is 0 Å². The number of ether oxygens (including phenoxy) is 2. The molecule has 1 fully saturated rings. The van der Waals surface area contributed by atoms with E-state index in [9.17, 15) is 38.7 Å². The lowest BCUT2D eigenvalue weighted by Crippen LogP contribution is -2.61. The summed E-state index contributed by atoms with van der Waals surface area (Å²) >= 11 is 0. The summed E-state index contributed by atoms with van der Waals surface area (Å²) in [5, 5.41) is 54.9. The quantitative estimate of drug-likeness (QED) is 0.0203. The van der Waals surface area contributed by atoms with Gasteiger partial charge < -0.3 is 40.3 Å².